The number of nitrogens with zero attached hydrogens (tertiary/aromatic N) is 3. The number of carbonyl (C=O) groups excluding carboxylic acids is 2. The maximum Gasteiger partial charge on any atom is 0.245 e. The Bertz CT molecular complexity index is 922. The number of hydrogen-bond acceptors (Lipinski definition) is 3. The van der Waals surface area contributed by atoms with Crippen molar-refractivity contribution in [3.63, 3.8) is 0 Å². The van der Waals surface area contributed by atoms with Crippen molar-refractivity contribution in [3.8, 4) is 5.69 Å². The van der Waals surface area contributed by atoms with Crippen molar-refractivity contribution < 1.29 is 9.59 Å². The quantitative estimate of drug-likeness (QED) is 0.586. The minimum atomic E-state index is -0.181. The number of nitrogens with one attached hydrogen (secondary N) is 1. The predicted octanol–water partition coefficient (Wildman–Crippen LogP) is 4.85. The van der Waals surface area contributed by atoms with Gasteiger partial charge in [0.2, 0.25) is 11.8 Å². The average Bonchev–Trinajstić information content (AvgIpc) is 3.46. The van der Waals surface area contributed by atoms with Gasteiger partial charge in [0.15, 0.2) is 0 Å². The summed E-state index contributed by atoms with van der Waals surface area (Å²) in [5.74, 6) is 0.682. The molecule has 6 heteroatoms. The van der Waals surface area contributed by atoms with Crippen molar-refractivity contribution in [2.45, 2.75) is 72.1 Å². The van der Waals surface area contributed by atoms with Crippen LogP contribution in [0.3, 0.4) is 0 Å². The summed E-state index contributed by atoms with van der Waals surface area (Å²) < 4.78 is 1.79. The normalized spacial score (nSPS) is 13.8. The van der Waals surface area contributed by atoms with Crippen LogP contribution < -0.4 is 5.32 Å². The molecule has 2 aromatic rings. The summed E-state index contributed by atoms with van der Waals surface area (Å²) in [4.78, 5) is 27.4. The third-order valence-corrected chi connectivity index (χ3v) is 5.60. The number of amides is 2. The van der Waals surface area contributed by atoms with E-state index in [0.29, 0.717) is 12.4 Å². The molecule has 1 aromatic heterocycles. The fourth-order valence-electron chi connectivity index (χ4n) is 3.56. The molecule has 3 rings (SSSR count). The standard InChI is InChI=1S/C25H36N4O2/c1-6-7-8-14-28(24(31)19-12-13-19)17-23(30)26-22-16-21(25(3,4)5)27-29(22)20-11-9-10-18(2)15-20/h9-11,15-16,19H,6-8,12-14,17H2,1-5H3,(H,26,30). The van der Waals surface area contributed by atoms with Crippen LogP contribution in [0.2, 0.25) is 0 Å². The topological polar surface area (TPSA) is 67.2 Å². The molecule has 168 valence electrons. The molecule has 1 N–H and O–H groups in total. The molecular formula is C25H36N4O2. The largest absolute Gasteiger partial charge is 0.333 e. The first-order valence-corrected chi connectivity index (χ1v) is 11.4. The zero-order chi connectivity index (χ0) is 22.6. The lowest BCUT2D eigenvalue weighted by Gasteiger charge is -2.22. The second-order valence-electron chi connectivity index (χ2n) is 9.70. The van der Waals surface area contributed by atoms with Gasteiger partial charge >= 0.3 is 0 Å². The van der Waals surface area contributed by atoms with E-state index in [1.54, 1.807) is 9.58 Å². The number of carbonyl (C=O) groups is 2. The molecule has 0 aliphatic heterocycles. The van der Waals surface area contributed by atoms with Crippen LogP contribution in [0.15, 0.2) is 30.3 Å². The van der Waals surface area contributed by atoms with E-state index in [4.69, 9.17) is 5.10 Å². The van der Waals surface area contributed by atoms with Crippen molar-refractivity contribution in [3.05, 3.63) is 41.6 Å². The van der Waals surface area contributed by atoms with Crippen LogP contribution in [0.1, 0.15) is 71.1 Å². The number of aromatic nitrogens is 2. The van der Waals surface area contributed by atoms with E-state index < -0.39 is 0 Å². The first-order valence-electron chi connectivity index (χ1n) is 11.4. The summed E-state index contributed by atoms with van der Waals surface area (Å²) in [7, 11) is 0. The van der Waals surface area contributed by atoms with Gasteiger partial charge < -0.3 is 10.2 Å². The van der Waals surface area contributed by atoms with Gasteiger partial charge in [0.1, 0.15) is 5.82 Å². The maximum atomic E-state index is 13.0. The Morgan fingerprint density at radius 2 is 1.94 bits per heavy atom. The lowest BCUT2D eigenvalue weighted by Crippen LogP contribution is -2.39. The van der Waals surface area contributed by atoms with Gasteiger partial charge in [0.05, 0.1) is 17.9 Å². The Hall–Kier alpha value is -2.63. The highest BCUT2D eigenvalue weighted by molar-refractivity contribution is 5.94. The summed E-state index contributed by atoms with van der Waals surface area (Å²) in [6.07, 6.45) is 4.96. The molecule has 0 unspecified atom stereocenters. The highest BCUT2D eigenvalue weighted by atomic mass is 16.2. The molecule has 0 saturated heterocycles. The Kier molecular flexibility index (Phi) is 7.19. The van der Waals surface area contributed by atoms with Gasteiger partial charge in [-0.2, -0.15) is 5.10 Å². The highest BCUT2D eigenvalue weighted by Crippen LogP contribution is 2.31. The number of rotatable bonds is 9. The number of unbranched alkanes of at least 4 members (excludes halogenated alkanes) is 2. The van der Waals surface area contributed by atoms with E-state index >= 15 is 0 Å². The maximum absolute atomic E-state index is 13.0. The minimum Gasteiger partial charge on any atom is -0.333 e. The second-order valence-corrected chi connectivity index (χ2v) is 9.70. The van der Waals surface area contributed by atoms with Crippen LogP contribution in [-0.2, 0) is 15.0 Å². The molecule has 1 aliphatic rings. The third-order valence-electron chi connectivity index (χ3n) is 5.60. The van der Waals surface area contributed by atoms with Gasteiger partial charge in [-0.15, -0.1) is 0 Å². The van der Waals surface area contributed by atoms with Gasteiger partial charge in [-0.25, -0.2) is 4.68 Å². The molecule has 0 spiro atoms. The van der Waals surface area contributed by atoms with Crippen LogP contribution >= 0.6 is 0 Å². The zero-order valence-corrected chi connectivity index (χ0v) is 19.6. The summed E-state index contributed by atoms with van der Waals surface area (Å²) in [5.41, 5.74) is 2.78. The monoisotopic (exact) mass is 424 g/mol. The van der Waals surface area contributed by atoms with Crippen LogP contribution in [0.25, 0.3) is 5.69 Å². The molecule has 1 aromatic carbocycles. The van der Waals surface area contributed by atoms with Gasteiger partial charge in [-0.05, 0) is 43.9 Å². The smallest absolute Gasteiger partial charge is 0.245 e. The van der Waals surface area contributed by atoms with Gasteiger partial charge in [0, 0.05) is 23.9 Å². The summed E-state index contributed by atoms with van der Waals surface area (Å²) in [6.45, 7) is 11.2. The zero-order valence-electron chi connectivity index (χ0n) is 19.6. The molecule has 0 bridgehead atoms. The van der Waals surface area contributed by atoms with E-state index in [0.717, 1.165) is 49.0 Å². The molecule has 1 fully saturated rings. The Morgan fingerprint density at radius 3 is 2.55 bits per heavy atom. The summed E-state index contributed by atoms with van der Waals surface area (Å²) in [6, 6.07) is 9.98. The number of aryl methyl sites for hydroxylation is 1. The first-order chi connectivity index (χ1) is 14.7. The van der Waals surface area contributed by atoms with Gasteiger partial charge in [-0.3, -0.25) is 9.59 Å². The molecule has 1 saturated carbocycles. The van der Waals surface area contributed by atoms with E-state index in [1.165, 1.54) is 0 Å². The predicted molar refractivity (Wildman–Crippen MR) is 124 cm³/mol. The Labute approximate surface area is 186 Å². The minimum absolute atomic E-state index is 0.0862. The van der Waals surface area contributed by atoms with Crippen LogP contribution in [0, 0.1) is 12.8 Å². The van der Waals surface area contributed by atoms with Crippen molar-refractivity contribution in [2.75, 3.05) is 18.4 Å². The van der Waals surface area contributed by atoms with E-state index in [1.807, 2.05) is 37.3 Å². The molecule has 1 heterocycles. The van der Waals surface area contributed by atoms with Crippen molar-refractivity contribution >= 4 is 17.6 Å². The lowest BCUT2D eigenvalue weighted by atomic mass is 9.92. The molecule has 6 nitrogen and oxygen atoms in total. The molecule has 2 amide bonds. The third kappa shape index (κ3) is 6.18. The van der Waals surface area contributed by atoms with Gasteiger partial charge in [0.25, 0.3) is 0 Å². The van der Waals surface area contributed by atoms with Crippen molar-refractivity contribution in [2.24, 2.45) is 5.92 Å². The second kappa shape index (κ2) is 9.67. The Balaban J connectivity index is 1.80. The van der Waals surface area contributed by atoms with Crippen molar-refractivity contribution in [1.82, 2.24) is 14.7 Å². The SMILES string of the molecule is CCCCCN(CC(=O)Nc1cc(C(C)(C)C)nn1-c1cccc(C)c1)C(=O)C1CC1. The lowest BCUT2D eigenvalue weighted by molar-refractivity contribution is -0.135. The fourth-order valence-corrected chi connectivity index (χ4v) is 3.56. The summed E-state index contributed by atoms with van der Waals surface area (Å²) in [5, 5.41) is 7.80. The van der Waals surface area contributed by atoms with Crippen LogP contribution in [0.4, 0.5) is 5.82 Å². The van der Waals surface area contributed by atoms with Crippen LogP contribution in [0.5, 0.6) is 0 Å². The molecule has 1 aliphatic carbocycles. The van der Waals surface area contributed by atoms with Crippen molar-refractivity contribution in [1.29, 1.82) is 0 Å². The van der Waals surface area contributed by atoms with E-state index in [2.05, 4.69) is 33.0 Å². The number of benzene rings is 1. The van der Waals surface area contributed by atoms with E-state index in [-0.39, 0.29) is 29.7 Å². The number of anilines is 1. The number of hydrogen-bond donors (Lipinski definition) is 1. The highest BCUT2D eigenvalue weighted by Gasteiger charge is 2.34. The van der Waals surface area contributed by atoms with Gasteiger partial charge in [-0.1, -0.05) is 52.7 Å². The average molecular weight is 425 g/mol. The first kappa shape index (κ1) is 23.0. The molecule has 0 radical (unpaired) electrons. The summed E-state index contributed by atoms with van der Waals surface area (Å²) >= 11 is 0. The Morgan fingerprint density at radius 1 is 1.19 bits per heavy atom. The van der Waals surface area contributed by atoms with E-state index in [9.17, 15) is 9.59 Å². The molecular weight excluding hydrogens is 388 g/mol. The van der Waals surface area contributed by atoms with Crippen LogP contribution in [-0.4, -0.2) is 39.6 Å². The molecule has 0 atom stereocenters. The molecule has 31 heavy (non-hydrogen) atoms. The fraction of sp³-hybridized carbons (Fsp3) is 0.560.